The number of benzene rings is 1. The number of rotatable bonds is 6. The third kappa shape index (κ3) is 4.72. The van der Waals surface area contributed by atoms with Gasteiger partial charge in [0.05, 0.1) is 5.02 Å². The molecule has 7 nitrogen and oxygen atoms in total. The Bertz CT molecular complexity index is 729. The summed E-state index contributed by atoms with van der Waals surface area (Å²) >= 11 is 6.03. The number of carbonyl (C=O) groups is 2. The van der Waals surface area contributed by atoms with Crippen molar-refractivity contribution in [2.45, 2.75) is 26.5 Å². The lowest BCUT2D eigenvalue weighted by molar-refractivity contribution is -0.137. The Balaban J connectivity index is 1.98. The molecule has 0 saturated carbocycles. The molecule has 1 atom stereocenters. The summed E-state index contributed by atoms with van der Waals surface area (Å²) in [5, 5.41) is 15.6. The molecule has 23 heavy (non-hydrogen) atoms. The Hall–Kier alpha value is -2.54. The van der Waals surface area contributed by atoms with Gasteiger partial charge in [-0.15, -0.1) is 0 Å². The minimum Gasteiger partial charge on any atom is -0.480 e. The topological polar surface area (TPSA) is 93.5 Å². The fourth-order valence-corrected chi connectivity index (χ4v) is 1.99. The van der Waals surface area contributed by atoms with Crippen molar-refractivity contribution in [2.75, 3.05) is 5.32 Å². The van der Waals surface area contributed by atoms with E-state index in [9.17, 15) is 9.59 Å². The first-order valence-corrected chi connectivity index (χ1v) is 7.22. The van der Waals surface area contributed by atoms with E-state index in [2.05, 4.69) is 10.4 Å². The molecule has 122 valence electrons. The number of aryl methyl sites for hydroxylation is 1. The zero-order valence-corrected chi connectivity index (χ0v) is 13.4. The SMILES string of the molecule is Cc1ccc(Cl)c(OC(C)C(=O)Nc2ccn(CC(=O)O)n2)c1. The molecule has 2 rings (SSSR count). The smallest absolute Gasteiger partial charge is 0.325 e. The van der Waals surface area contributed by atoms with Crippen molar-refractivity contribution in [1.82, 2.24) is 9.78 Å². The summed E-state index contributed by atoms with van der Waals surface area (Å²) in [4.78, 5) is 22.7. The Morgan fingerprint density at radius 1 is 1.43 bits per heavy atom. The van der Waals surface area contributed by atoms with E-state index in [1.807, 2.05) is 13.0 Å². The summed E-state index contributed by atoms with van der Waals surface area (Å²) in [6, 6.07) is 6.79. The standard InChI is InChI=1S/C15H16ClN3O4/c1-9-3-4-11(16)12(7-9)23-10(2)15(22)17-13-5-6-19(18-13)8-14(20)21/h3-7,10H,8H2,1-2H3,(H,20,21)(H,17,18,22). The zero-order valence-electron chi connectivity index (χ0n) is 12.6. The first-order chi connectivity index (χ1) is 10.8. The fourth-order valence-electron chi connectivity index (χ4n) is 1.83. The molecule has 0 spiro atoms. The molecule has 0 aliphatic heterocycles. The number of carbonyl (C=O) groups excluding carboxylic acids is 1. The molecule has 1 heterocycles. The molecule has 8 heteroatoms. The zero-order chi connectivity index (χ0) is 17.0. The van der Waals surface area contributed by atoms with Crippen molar-refractivity contribution in [3.63, 3.8) is 0 Å². The van der Waals surface area contributed by atoms with Crippen LogP contribution in [0.2, 0.25) is 5.02 Å². The van der Waals surface area contributed by atoms with Crippen LogP contribution in [-0.4, -0.2) is 32.9 Å². The first-order valence-electron chi connectivity index (χ1n) is 6.84. The fraction of sp³-hybridized carbons (Fsp3) is 0.267. The maximum Gasteiger partial charge on any atom is 0.325 e. The maximum atomic E-state index is 12.1. The molecule has 1 unspecified atom stereocenters. The van der Waals surface area contributed by atoms with Gasteiger partial charge in [-0.05, 0) is 31.5 Å². The molecule has 0 aliphatic rings. The molecule has 1 aromatic carbocycles. The lowest BCUT2D eigenvalue weighted by Gasteiger charge is -2.15. The predicted octanol–water partition coefficient (Wildman–Crippen LogP) is 2.34. The Morgan fingerprint density at radius 3 is 2.87 bits per heavy atom. The summed E-state index contributed by atoms with van der Waals surface area (Å²) in [5.74, 6) is -0.757. The minimum absolute atomic E-state index is 0.252. The van der Waals surface area contributed by atoms with Gasteiger partial charge in [-0.25, -0.2) is 0 Å². The van der Waals surface area contributed by atoms with Crippen LogP contribution in [-0.2, 0) is 16.1 Å². The molecular weight excluding hydrogens is 322 g/mol. The van der Waals surface area contributed by atoms with E-state index in [-0.39, 0.29) is 12.4 Å². The van der Waals surface area contributed by atoms with Gasteiger partial charge in [0.1, 0.15) is 12.3 Å². The highest BCUT2D eigenvalue weighted by Crippen LogP contribution is 2.26. The molecule has 0 radical (unpaired) electrons. The number of aliphatic carboxylic acids is 1. The van der Waals surface area contributed by atoms with Crippen LogP contribution in [0.1, 0.15) is 12.5 Å². The molecular formula is C15H16ClN3O4. The van der Waals surface area contributed by atoms with E-state index < -0.39 is 18.0 Å². The average molecular weight is 338 g/mol. The number of carboxylic acid groups (broad SMARTS) is 1. The lowest BCUT2D eigenvalue weighted by Crippen LogP contribution is -2.30. The van der Waals surface area contributed by atoms with E-state index in [4.69, 9.17) is 21.4 Å². The molecule has 1 amide bonds. The molecule has 1 aromatic heterocycles. The monoisotopic (exact) mass is 337 g/mol. The number of halogens is 1. The lowest BCUT2D eigenvalue weighted by atomic mass is 10.2. The Morgan fingerprint density at radius 2 is 2.17 bits per heavy atom. The van der Waals surface area contributed by atoms with Gasteiger partial charge in [0.15, 0.2) is 11.9 Å². The third-order valence-corrected chi connectivity index (χ3v) is 3.26. The molecule has 0 bridgehead atoms. The number of nitrogens with one attached hydrogen (secondary N) is 1. The third-order valence-electron chi connectivity index (χ3n) is 2.95. The van der Waals surface area contributed by atoms with Crippen molar-refractivity contribution < 1.29 is 19.4 Å². The van der Waals surface area contributed by atoms with Crippen LogP contribution in [0.4, 0.5) is 5.82 Å². The van der Waals surface area contributed by atoms with Gasteiger partial charge in [-0.1, -0.05) is 17.7 Å². The quantitative estimate of drug-likeness (QED) is 0.843. The first kappa shape index (κ1) is 16.8. The summed E-state index contributed by atoms with van der Waals surface area (Å²) in [5.41, 5.74) is 0.962. The minimum atomic E-state index is -1.02. The maximum absolute atomic E-state index is 12.1. The van der Waals surface area contributed by atoms with Gasteiger partial charge in [0.25, 0.3) is 5.91 Å². The van der Waals surface area contributed by atoms with Crippen LogP contribution >= 0.6 is 11.6 Å². The number of carboxylic acids is 1. The van der Waals surface area contributed by atoms with E-state index in [1.54, 1.807) is 19.1 Å². The number of aromatic nitrogens is 2. The molecule has 2 aromatic rings. The largest absolute Gasteiger partial charge is 0.480 e. The second-order valence-electron chi connectivity index (χ2n) is 4.98. The highest BCUT2D eigenvalue weighted by molar-refractivity contribution is 6.32. The second kappa shape index (κ2) is 7.15. The van der Waals surface area contributed by atoms with Crippen molar-refractivity contribution in [2.24, 2.45) is 0 Å². The van der Waals surface area contributed by atoms with Gasteiger partial charge in [-0.2, -0.15) is 5.10 Å². The van der Waals surface area contributed by atoms with Crippen LogP contribution in [0.25, 0.3) is 0 Å². The van der Waals surface area contributed by atoms with Crippen LogP contribution in [0.15, 0.2) is 30.5 Å². The number of amides is 1. The van der Waals surface area contributed by atoms with Gasteiger partial charge < -0.3 is 15.2 Å². The van der Waals surface area contributed by atoms with Crippen molar-refractivity contribution >= 4 is 29.3 Å². The Kier molecular flexibility index (Phi) is 5.23. The Labute approximate surface area is 137 Å². The van der Waals surface area contributed by atoms with Crippen LogP contribution in [0, 0.1) is 6.92 Å². The van der Waals surface area contributed by atoms with Gasteiger partial charge in [0.2, 0.25) is 0 Å². The summed E-state index contributed by atoms with van der Waals surface area (Å²) < 4.78 is 6.77. The van der Waals surface area contributed by atoms with Crippen LogP contribution < -0.4 is 10.1 Å². The number of hydrogen-bond acceptors (Lipinski definition) is 4. The van der Waals surface area contributed by atoms with Gasteiger partial charge in [0, 0.05) is 12.3 Å². The number of nitrogens with zero attached hydrogens (tertiary/aromatic N) is 2. The van der Waals surface area contributed by atoms with Crippen molar-refractivity contribution in [1.29, 1.82) is 0 Å². The summed E-state index contributed by atoms with van der Waals surface area (Å²) in [6.07, 6.45) is 0.672. The number of anilines is 1. The number of ether oxygens (including phenoxy) is 1. The van der Waals surface area contributed by atoms with Gasteiger partial charge >= 0.3 is 5.97 Å². The average Bonchev–Trinajstić information content (AvgIpc) is 2.89. The normalized spacial score (nSPS) is 11.8. The van der Waals surface area contributed by atoms with E-state index >= 15 is 0 Å². The van der Waals surface area contributed by atoms with E-state index in [1.165, 1.54) is 16.9 Å². The number of hydrogen-bond donors (Lipinski definition) is 2. The summed E-state index contributed by atoms with van der Waals surface area (Å²) in [7, 11) is 0. The highest BCUT2D eigenvalue weighted by Gasteiger charge is 2.17. The second-order valence-corrected chi connectivity index (χ2v) is 5.38. The van der Waals surface area contributed by atoms with E-state index in [0.717, 1.165) is 5.56 Å². The van der Waals surface area contributed by atoms with E-state index in [0.29, 0.717) is 10.8 Å². The predicted molar refractivity (Wildman–Crippen MR) is 84.8 cm³/mol. The molecule has 0 aliphatic carbocycles. The molecule has 2 N–H and O–H groups in total. The van der Waals surface area contributed by atoms with Gasteiger partial charge in [-0.3, -0.25) is 14.3 Å². The highest BCUT2D eigenvalue weighted by atomic mass is 35.5. The molecule has 0 fully saturated rings. The van der Waals surface area contributed by atoms with Crippen LogP contribution in [0.5, 0.6) is 5.75 Å². The summed E-state index contributed by atoms with van der Waals surface area (Å²) in [6.45, 7) is 3.20. The van der Waals surface area contributed by atoms with Crippen LogP contribution in [0.3, 0.4) is 0 Å². The van der Waals surface area contributed by atoms with Crippen molar-refractivity contribution in [3.05, 3.63) is 41.0 Å². The molecule has 0 saturated heterocycles. The van der Waals surface area contributed by atoms with Crippen molar-refractivity contribution in [3.8, 4) is 5.75 Å².